The predicted octanol–water partition coefficient (Wildman–Crippen LogP) is 2.62. The molecule has 0 aromatic heterocycles. The van der Waals surface area contributed by atoms with E-state index in [1.54, 1.807) is 11.4 Å². The molecule has 0 radical (unpaired) electrons. The Bertz CT molecular complexity index is 623. The van der Waals surface area contributed by atoms with Gasteiger partial charge in [-0.15, -0.1) is 0 Å². The number of rotatable bonds is 8. The first kappa shape index (κ1) is 20.2. The fourth-order valence-electron chi connectivity index (χ4n) is 3.61. The summed E-state index contributed by atoms with van der Waals surface area (Å²) in [6.45, 7) is 7.87. The van der Waals surface area contributed by atoms with E-state index in [-0.39, 0.29) is 0 Å². The summed E-state index contributed by atoms with van der Waals surface area (Å²) in [7, 11) is -1.35. The highest BCUT2D eigenvalue weighted by atomic mass is 32.2. The van der Waals surface area contributed by atoms with Gasteiger partial charge in [-0.05, 0) is 56.3 Å². The van der Waals surface area contributed by atoms with Crippen LogP contribution in [0.15, 0.2) is 24.3 Å². The number of methoxy groups -OCH3 is 1. The maximum atomic E-state index is 11.6. The van der Waals surface area contributed by atoms with E-state index in [0.717, 1.165) is 38.1 Å². The molecule has 1 heterocycles. The fourth-order valence-corrected chi connectivity index (χ4v) is 4.48. The third kappa shape index (κ3) is 5.97. The van der Waals surface area contributed by atoms with Gasteiger partial charge < -0.3 is 9.64 Å². The van der Waals surface area contributed by atoms with Crippen LogP contribution in [0.25, 0.3) is 0 Å². The van der Waals surface area contributed by atoms with Crippen molar-refractivity contribution in [3.63, 3.8) is 0 Å². The van der Waals surface area contributed by atoms with E-state index in [1.165, 1.54) is 11.8 Å². The Morgan fingerprint density at radius 1 is 1.24 bits per heavy atom. The van der Waals surface area contributed by atoms with Crippen LogP contribution < -0.4 is 4.74 Å². The van der Waals surface area contributed by atoms with Crippen LogP contribution in [-0.4, -0.2) is 63.2 Å². The average molecular weight is 369 g/mol. The van der Waals surface area contributed by atoms with Crippen LogP contribution in [0.3, 0.4) is 0 Å². The lowest BCUT2D eigenvalue weighted by Crippen LogP contribution is -2.43. The summed E-state index contributed by atoms with van der Waals surface area (Å²) in [6, 6.07) is 8.76. The topological polar surface area (TPSA) is 49.9 Å². The molecule has 1 saturated heterocycles. The number of piperidine rings is 1. The molecular weight excluding hydrogens is 336 g/mol. The average Bonchev–Trinajstić information content (AvgIpc) is 2.60. The normalized spacial score (nSPS) is 18.4. The second-order valence-electron chi connectivity index (χ2n) is 7.09. The second kappa shape index (κ2) is 9.01. The first-order chi connectivity index (χ1) is 11.8. The zero-order valence-electron chi connectivity index (χ0n) is 15.9. The van der Waals surface area contributed by atoms with Gasteiger partial charge in [0, 0.05) is 25.7 Å². The molecule has 0 spiro atoms. The van der Waals surface area contributed by atoms with E-state index in [4.69, 9.17) is 4.74 Å². The van der Waals surface area contributed by atoms with Gasteiger partial charge in [0.25, 0.3) is 0 Å². The summed E-state index contributed by atoms with van der Waals surface area (Å²) in [4.78, 5) is 2.52. The second-order valence-corrected chi connectivity index (χ2v) is 9.08. The molecule has 1 atom stereocenters. The SMILES string of the molecule is CCN(CC1CCN(S(C)(=O)=O)CC1)[C@@H](C)Cc1ccc(OC)cc1. The molecule has 0 saturated carbocycles. The highest BCUT2D eigenvalue weighted by Crippen LogP contribution is 2.22. The van der Waals surface area contributed by atoms with Crippen molar-refractivity contribution in [1.29, 1.82) is 0 Å². The summed E-state index contributed by atoms with van der Waals surface area (Å²) in [5, 5.41) is 0. The van der Waals surface area contributed by atoms with E-state index in [9.17, 15) is 8.42 Å². The van der Waals surface area contributed by atoms with Gasteiger partial charge in [-0.3, -0.25) is 0 Å². The van der Waals surface area contributed by atoms with E-state index in [1.807, 2.05) is 12.1 Å². The molecule has 0 unspecified atom stereocenters. The summed E-state index contributed by atoms with van der Waals surface area (Å²) in [6.07, 6.45) is 4.24. The predicted molar refractivity (Wildman–Crippen MR) is 103 cm³/mol. The van der Waals surface area contributed by atoms with Crippen LogP contribution in [-0.2, 0) is 16.4 Å². The quantitative estimate of drug-likeness (QED) is 0.708. The summed E-state index contributed by atoms with van der Waals surface area (Å²) >= 11 is 0. The third-order valence-electron chi connectivity index (χ3n) is 5.25. The van der Waals surface area contributed by atoms with E-state index in [2.05, 4.69) is 30.9 Å². The molecule has 1 fully saturated rings. The molecule has 0 aliphatic carbocycles. The minimum absolute atomic E-state index is 0.464. The molecule has 0 bridgehead atoms. The van der Waals surface area contributed by atoms with Gasteiger partial charge in [0.2, 0.25) is 10.0 Å². The molecule has 0 N–H and O–H groups in total. The van der Waals surface area contributed by atoms with Crippen LogP contribution >= 0.6 is 0 Å². The standard InChI is InChI=1S/C19H32N2O3S/c1-5-20(15-18-10-12-21(13-11-18)25(4,22)23)16(2)14-17-6-8-19(24-3)9-7-17/h6-9,16,18H,5,10-15H2,1-4H3/t16-/m0/s1. The molecule has 0 amide bonds. The number of nitrogens with zero attached hydrogens (tertiary/aromatic N) is 2. The number of likely N-dealkylation sites (N-methyl/N-ethyl adjacent to an activating group) is 1. The molecule has 6 heteroatoms. The van der Waals surface area contributed by atoms with E-state index >= 15 is 0 Å². The van der Waals surface area contributed by atoms with Crippen molar-refractivity contribution in [2.45, 2.75) is 39.2 Å². The van der Waals surface area contributed by atoms with Gasteiger partial charge in [-0.1, -0.05) is 19.1 Å². The molecule has 1 aliphatic heterocycles. The van der Waals surface area contributed by atoms with Crippen LogP contribution in [0.5, 0.6) is 5.75 Å². The minimum atomic E-state index is -3.04. The maximum Gasteiger partial charge on any atom is 0.211 e. The lowest BCUT2D eigenvalue weighted by molar-refractivity contribution is 0.152. The molecule has 1 aliphatic rings. The molecule has 1 aromatic carbocycles. The van der Waals surface area contributed by atoms with Gasteiger partial charge in [0.05, 0.1) is 13.4 Å². The van der Waals surface area contributed by atoms with Crippen molar-refractivity contribution in [2.75, 3.05) is 39.5 Å². The molecular formula is C19H32N2O3S. The van der Waals surface area contributed by atoms with Crippen molar-refractivity contribution in [1.82, 2.24) is 9.21 Å². The number of sulfonamides is 1. The highest BCUT2D eigenvalue weighted by Gasteiger charge is 2.26. The summed E-state index contributed by atoms with van der Waals surface area (Å²) < 4.78 is 30.1. The van der Waals surface area contributed by atoms with Gasteiger partial charge in [0.15, 0.2) is 0 Å². The fraction of sp³-hybridized carbons (Fsp3) is 0.684. The van der Waals surface area contributed by atoms with Crippen molar-refractivity contribution in [3.8, 4) is 5.75 Å². The minimum Gasteiger partial charge on any atom is -0.497 e. The lowest BCUT2D eigenvalue weighted by Gasteiger charge is -2.36. The molecule has 25 heavy (non-hydrogen) atoms. The number of hydrogen-bond donors (Lipinski definition) is 0. The highest BCUT2D eigenvalue weighted by molar-refractivity contribution is 7.88. The van der Waals surface area contributed by atoms with Crippen LogP contribution in [0.1, 0.15) is 32.3 Å². The van der Waals surface area contributed by atoms with Crippen molar-refractivity contribution < 1.29 is 13.2 Å². The van der Waals surface area contributed by atoms with Crippen molar-refractivity contribution in [2.24, 2.45) is 5.92 Å². The third-order valence-corrected chi connectivity index (χ3v) is 6.56. The number of ether oxygens (including phenoxy) is 1. The maximum absolute atomic E-state index is 11.6. The molecule has 2 rings (SSSR count). The Balaban J connectivity index is 1.86. The smallest absolute Gasteiger partial charge is 0.211 e. The van der Waals surface area contributed by atoms with Gasteiger partial charge in [-0.25, -0.2) is 12.7 Å². The van der Waals surface area contributed by atoms with Crippen molar-refractivity contribution in [3.05, 3.63) is 29.8 Å². The zero-order chi connectivity index (χ0) is 18.4. The monoisotopic (exact) mass is 368 g/mol. The zero-order valence-corrected chi connectivity index (χ0v) is 16.8. The summed E-state index contributed by atoms with van der Waals surface area (Å²) in [5.74, 6) is 1.47. The van der Waals surface area contributed by atoms with Gasteiger partial charge >= 0.3 is 0 Å². The Morgan fingerprint density at radius 3 is 2.32 bits per heavy atom. The van der Waals surface area contributed by atoms with Crippen LogP contribution in [0.4, 0.5) is 0 Å². The van der Waals surface area contributed by atoms with E-state index in [0.29, 0.717) is 25.0 Å². The van der Waals surface area contributed by atoms with Crippen molar-refractivity contribution >= 4 is 10.0 Å². The molecule has 142 valence electrons. The van der Waals surface area contributed by atoms with Gasteiger partial charge in [0.1, 0.15) is 5.75 Å². The molecule has 1 aromatic rings. The lowest BCUT2D eigenvalue weighted by atomic mass is 9.96. The number of benzene rings is 1. The summed E-state index contributed by atoms with van der Waals surface area (Å²) in [5.41, 5.74) is 1.32. The Labute approximate surface area is 153 Å². The first-order valence-corrected chi connectivity index (χ1v) is 11.0. The molecule has 5 nitrogen and oxygen atoms in total. The van der Waals surface area contributed by atoms with E-state index < -0.39 is 10.0 Å². The van der Waals surface area contributed by atoms with Gasteiger partial charge in [-0.2, -0.15) is 0 Å². The first-order valence-electron chi connectivity index (χ1n) is 9.15. The Kier molecular flexibility index (Phi) is 7.28. The van der Waals surface area contributed by atoms with Crippen LogP contribution in [0, 0.1) is 5.92 Å². The Hall–Kier alpha value is -1.11. The Morgan fingerprint density at radius 2 is 1.84 bits per heavy atom. The largest absolute Gasteiger partial charge is 0.497 e. The van der Waals surface area contributed by atoms with Crippen LogP contribution in [0.2, 0.25) is 0 Å². The number of hydrogen-bond acceptors (Lipinski definition) is 4.